The molecule has 1 aromatic carbocycles. The van der Waals surface area contributed by atoms with E-state index in [0.29, 0.717) is 14.0 Å². The first-order chi connectivity index (χ1) is 9.57. The van der Waals surface area contributed by atoms with E-state index in [2.05, 4.69) is 68.3 Å². The Kier molecular flexibility index (Phi) is 3.49. The third-order valence-electron chi connectivity index (χ3n) is 5.62. The maximum absolute atomic E-state index is 2.60. The molecule has 0 aliphatic heterocycles. The van der Waals surface area contributed by atoms with Gasteiger partial charge in [-0.1, -0.05) is 0 Å². The van der Waals surface area contributed by atoms with Crippen LogP contribution in [0.2, 0.25) is 9.36 Å². The Morgan fingerprint density at radius 2 is 1.57 bits per heavy atom. The van der Waals surface area contributed by atoms with Gasteiger partial charge in [0.2, 0.25) is 0 Å². The summed E-state index contributed by atoms with van der Waals surface area (Å²) >= 11 is -1.66. The van der Waals surface area contributed by atoms with Crippen molar-refractivity contribution in [3.8, 4) is 0 Å². The SMILES string of the molecule is [CH3][Hf]([CH3])[C]1(C(C)(C)C)C=Cc2cc3c(cc21)CC(C)(C)C3. The summed E-state index contributed by atoms with van der Waals surface area (Å²) in [5, 5.41) is 0. The second-order valence-corrected chi connectivity index (χ2v) is 19.1. The predicted molar refractivity (Wildman–Crippen MR) is 89.5 cm³/mol. The first-order valence-electron chi connectivity index (χ1n) is 8.23. The third-order valence-corrected chi connectivity index (χ3v) is 15.5. The van der Waals surface area contributed by atoms with Gasteiger partial charge in [0.15, 0.2) is 0 Å². The monoisotopic (exact) mass is 449 g/mol. The van der Waals surface area contributed by atoms with Crippen LogP contribution in [0.5, 0.6) is 0 Å². The molecule has 0 heterocycles. The van der Waals surface area contributed by atoms with Gasteiger partial charge in [-0.25, -0.2) is 0 Å². The summed E-state index contributed by atoms with van der Waals surface area (Å²) in [5.74, 6) is 0. The summed E-state index contributed by atoms with van der Waals surface area (Å²) in [4.78, 5) is 0. The fourth-order valence-electron chi connectivity index (χ4n) is 4.76. The van der Waals surface area contributed by atoms with E-state index in [1.54, 1.807) is 16.7 Å². The van der Waals surface area contributed by atoms with Crippen LogP contribution in [-0.4, -0.2) is 0 Å². The molecule has 1 unspecified atom stereocenters. The molecule has 1 atom stereocenters. The van der Waals surface area contributed by atoms with Crippen LogP contribution in [0, 0.1) is 10.8 Å². The van der Waals surface area contributed by atoms with Crippen molar-refractivity contribution in [1.82, 2.24) is 0 Å². The van der Waals surface area contributed by atoms with E-state index in [4.69, 9.17) is 0 Å². The molecule has 0 saturated carbocycles. The number of hydrogen-bond acceptors (Lipinski definition) is 0. The van der Waals surface area contributed by atoms with Gasteiger partial charge >= 0.3 is 139 Å². The van der Waals surface area contributed by atoms with Crippen LogP contribution in [0.25, 0.3) is 6.08 Å². The molecule has 1 aromatic rings. The Morgan fingerprint density at radius 3 is 2.10 bits per heavy atom. The van der Waals surface area contributed by atoms with Crippen molar-refractivity contribution in [2.45, 2.75) is 60.0 Å². The van der Waals surface area contributed by atoms with Crippen LogP contribution < -0.4 is 0 Å². The van der Waals surface area contributed by atoms with Crippen molar-refractivity contribution in [2.24, 2.45) is 10.8 Å². The van der Waals surface area contributed by atoms with Crippen molar-refractivity contribution in [3.05, 3.63) is 40.5 Å². The van der Waals surface area contributed by atoms with Gasteiger partial charge in [-0.15, -0.1) is 0 Å². The second kappa shape index (κ2) is 4.66. The Hall–Kier alpha value is -0.170. The van der Waals surface area contributed by atoms with Gasteiger partial charge in [0, 0.05) is 0 Å². The number of hydrogen-bond donors (Lipinski definition) is 0. The van der Waals surface area contributed by atoms with E-state index in [-0.39, 0.29) is 0 Å². The van der Waals surface area contributed by atoms with Crippen LogP contribution in [0.1, 0.15) is 56.9 Å². The molecule has 21 heavy (non-hydrogen) atoms. The molecule has 2 aliphatic carbocycles. The summed E-state index contributed by atoms with van der Waals surface area (Å²) in [6.45, 7) is 12.2. The average Bonchev–Trinajstić information content (AvgIpc) is 2.80. The molecule has 0 fully saturated rings. The van der Waals surface area contributed by atoms with Crippen molar-refractivity contribution >= 4 is 6.08 Å². The van der Waals surface area contributed by atoms with Crippen LogP contribution in [0.15, 0.2) is 18.2 Å². The van der Waals surface area contributed by atoms with Gasteiger partial charge in [-0.2, -0.15) is 0 Å². The number of rotatable bonds is 1. The molecule has 1 heteroatoms. The zero-order chi connectivity index (χ0) is 15.6. The molecule has 3 rings (SSSR count). The van der Waals surface area contributed by atoms with Gasteiger partial charge in [-0.3, -0.25) is 0 Å². The van der Waals surface area contributed by atoms with Crippen molar-refractivity contribution in [3.63, 3.8) is 0 Å². The average molecular weight is 448 g/mol. The van der Waals surface area contributed by atoms with Gasteiger partial charge in [0.25, 0.3) is 0 Å². The Morgan fingerprint density at radius 1 is 1.00 bits per heavy atom. The Bertz CT molecular complexity index is 613. The molecular weight excluding hydrogens is 419 g/mol. The minimum absolute atomic E-state index is 0.336. The van der Waals surface area contributed by atoms with Gasteiger partial charge in [-0.05, 0) is 0 Å². The van der Waals surface area contributed by atoms with Crippen LogP contribution in [0.4, 0.5) is 0 Å². The van der Waals surface area contributed by atoms with E-state index < -0.39 is 21.4 Å². The number of fused-ring (bicyclic) bond motifs is 2. The molecule has 2 aliphatic rings. The minimum atomic E-state index is -1.66. The number of benzene rings is 1. The van der Waals surface area contributed by atoms with E-state index in [9.17, 15) is 0 Å². The normalized spacial score (nSPS) is 25.9. The first-order valence-corrected chi connectivity index (χ1v) is 17.2. The van der Waals surface area contributed by atoms with E-state index in [1.807, 2.05) is 0 Å². The topological polar surface area (TPSA) is 0 Å². The Labute approximate surface area is 138 Å². The molecule has 0 nitrogen and oxygen atoms in total. The van der Waals surface area contributed by atoms with E-state index >= 15 is 0 Å². The van der Waals surface area contributed by atoms with Crippen LogP contribution in [-0.2, 0) is 37.5 Å². The van der Waals surface area contributed by atoms with Crippen LogP contribution in [0.3, 0.4) is 0 Å². The maximum atomic E-state index is 2.60. The summed E-state index contributed by atoms with van der Waals surface area (Å²) in [5.41, 5.74) is 7.21. The summed E-state index contributed by atoms with van der Waals surface area (Å²) in [7, 11) is 0. The summed E-state index contributed by atoms with van der Waals surface area (Å²) in [6.07, 6.45) is 7.52. The van der Waals surface area contributed by atoms with E-state index in [0.717, 1.165) is 0 Å². The molecule has 0 saturated heterocycles. The standard InChI is InChI=1S/C18H23.2CH3.Hf/c1-17(2,3)16-7-6-12-8-13-10-18(4,5)11-14(13)9-15(12)16;;;/h6-9H,10-11H2,1-5H3;2*1H3;. The van der Waals surface area contributed by atoms with Gasteiger partial charge in [0.1, 0.15) is 0 Å². The molecule has 0 bridgehead atoms. The van der Waals surface area contributed by atoms with E-state index in [1.165, 1.54) is 18.4 Å². The number of allylic oxidation sites excluding steroid dienone is 1. The summed E-state index contributed by atoms with van der Waals surface area (Å²) < 4.78 is 5.56. The molecule has 113 valence electrons. The molecule has 0 amide bonds. The van der Waals surface area contributed by atoms with Crippen LogP contribution >= 0.6 is 0 Å². The predicted octanol–water partition coefficient (Wildman–Crippen LogP) is 5.79. The van der Waals surface area contributed by atoms with Crippen molar-refractivity contribution in [2.75, 3.05) is 0 Å². The fourth-order valence-corrected chi connectivity index (χ4v) is 14.4. The molecule has 0 N–H and O–H groups in total. The van der Waals surface area contributed by atoms with Gasteiger partial charge in [0.05, 0.1) is 0 Å². The third kappa shape index (κ3) is 2.26. The second-order valence-electron chi connectivity index (χ2n) is 9.12. The molecule has 0 radical (unpaired) electrons. The summed E-state index contributed by atoms with van der Waals surface area (Å²) in [6, 6.07) is 5.11. The van der Waals surface area contributed by atoms with Crippen molar-refractivity contribution in [1.29, 1.82) is 0 Å². The molecule has 0 aromatic heterocycles. The van der Waals surface area contributed by atoms with Gasteiger partial charge < -0.3 is 0 Å². The fraction of sp³-hybridized carbons (Fsp3) is 0.600. The zero-order valence-corrected chi connectivity index (χ0v) is 18.3. The quantitative estimate of drug-likeness (QED) is 0.478. The Balaban J connectivity index is 2.18. The first kappa shape index (κ1) is 15.7. The molecule has 0 spiro atoms. The molecular formula is C20H29Hf. The van der Waals surface area contributed by atoms with Crippen molar-refractivity contribution < 1.29 is 21.4 Å². The zero-order valence-electron chi connectivity index (χ0n) is 14.7.